The van der Waals surface area contributed by atoms with Gasteiger partial charge in [-0.15, -0.1) is 0 Å². The first-order chi connectivity index (χ1) is 13.0. The first-order valence-electron chi connectivity index (χ1n) is 8.21. The predicted molar refractivity (Wildman–Crippen MR) is 91.6 cm³/mol. The van der Waals surface area contributed by atoms with E-state index in [2.05, 4.69) is 25.3 Å². The summed E-state index contributed by atoms with van der Waals surface area (Å²) in [5, 5.41) is 5.60. The van der Waals surface area contributed by atoms with Crippen molar-refractivity contribution in [3.63, 3.8) is 0 Å². The lowest BCUT2D eigenvalue weighted by atomic mass is 10.3. The molecular formula is C17H15F2N5O3. The molecule has 2 amide bonds. The maximum absolute atomic E-state index is 13.8. The molecule has 10 heteroatoms. The second-order valence-corrected chi connectivity index (χ2v) is 6.33. The number of urea groups is 1. The predicted octanol–water partition coefficient (Wildman–Crippen LogP) is 2.39. The lowest BCUT2D eigenvalue weighted by Crippen LogP contribution is -2.37. The lowest BCUT2D eigenvalue weighted by molar-refractivity contribution is 0.0594. The Morgan fingerprint density at radius 1 is 1.37 bits per heavy atom. The number of ether oxygens (including phenoxy) is 1. The van der Waals surface area contributed by atoms with E-state index in [-0.39, 0.29) is 23.5 Å². The van der Waals surface area contributed by atoms with Crippen molar-refractivity contribution in [1.82, 2.24) is 9.97 Å². The van der Waals surface area contributed by atoms with Gasteiger partial charge in [-0.1, -0.05) is 0 Å². The van der Waals surface area contributed by atoms with E-state index in [0.29, 0.717) is 18.3 Å². The molecule has 140 valence electrons. The molecule has 1 aliphatic heterocycles. The largest absolute Gasteiger partial charge is 0.464 e. The molecule has 1 saturated carbocycles. The number of hydrogen-bond acceptors (Lipinski definition) is 6. The summed E-state index contributed by atoms with van der Waals surface area (Å²) >= 11 is 0. The highest BCUT2D eigenvalue weighted by molar-refractivity contribution is 6.03. The standard InChI is InChI=1S/C17H15F2N5O3/c1-27-16(25)12-3-2-11-15(22-12)24(7-8-4-13(8)21-11)17(26)23-14-10(19)5-9(18)6-20-14/h2-3,5-6,8,13,21H,4,7H2,1H3,(H,20,23,26). The molecule has 0 spiro atoms. The number of carbonyl (C=O) groups is 2. The SMILES string of the molecule is COC(=O)c1ccc2c(n1)N(C(=O)Nc1ncc(F)cc1F)CC1CC1N2. The van der Waals surface area contributed by atoms with Crippen molar-refractivity contribution in [1.29, 1.82) is 0 Å². The third kappa shape index (κ3) is 3.25. The first kappa shape index (κ1) is 17.1. The molecular weight excluding hydrogens is 360 g/mol. The zero-order chi connectivity index (χ0) is 19.1. The zero-order valence-corrected chi connectivity index (χ0v) is 14.2. The van der Waals surface area contributed by atoms with Gasteiger partial charge in [0.1, 0.15) is 5.82 Å². The summed E-state index contributed by atoms with van der Waals surface area (Å²) in [5.41, 5.74) is 0.618. The third-order valence-electron chi connectivity index (χ3n) is 4.48. The van der Waals surface area contributed by atoms with E-state index < -0.39 is 29.5 Å². The lowest BCUT2D eigenvalue weighted by Gasteiger charge is -2.23. The van der Waals surface area contributed by atoms with Crippen LogP contribution in [-0.4, -0.2) is 41.7 Å². The number of aromatic nitrogens is 2. The molecule has 2 atom stereocenters. The molecule has 0 bridgehead atoms. The van der Waals surface area contributed by atoms with Crippen LogP contribution in [0.3, 0.4) is 0 Å². The van der Waals surface area contributed by atoms with Crippen molar-refractivity contribution < 1.29 is 23.1 Å². The molecule has 2 unspecified atom stereocenters. The number of nitrogens with one attached hydrogen (secondary N) is 2. The van der Waals surface area contributed by atoms with Crippen LogP contribution in [-0.2, 0) is 4.74 Å². The van der Waals surface area contributed by atoms with E-state index in [1.165, 1.54) is 18.1 Å². The van der Waals surface area contributed by atoms with Gasteiger partial charge in [-0.05, 0) is 24.5 Å². The van der Waals surface area contributed by atoms with Gasteiger partial charge in [-0.25, -0.2) is 28.3 Å². The molecule has 3 heterocycles. The summed E-state index contributed by atoms with van der Waals surface area (Å²) < 4.78 is 31.5. The maximum atomic E-state index is 13.8. The first-order valence-corrected chi connectivity index (χ1v) is 8.21. The minimum Gasteiger partial charge on any atom is -0.464 e. The summed E-state index contributed by atoms with van der Waals surface area (Å²) in [4.78, 5) is 33.7. The molecule has 0 aromatic carbocycles. The monoisotopic (exact) mass is 375 g/mol. The van der Waals surface area contributed by atoms with Crippen LogP contribution >= 0.6 is 0 Å². The number of anilines is 3. The molecule has 2 N–H and O–H groups in total. The number of esters is 1. The highest BCUT2D eigenvalue weighted by Gasteiger charge is 2.43. The average molecular weight is 375 g/mol. The Kier molecular flexibility index (Phi) is 4.09. The van der Waals surface area contributed by atoms with Crippen molar-refractivity contribution >= 4 is 29.3 Å². The van der Waals surface area contributed by atoms with Gasteiger partial charge in [0.25, 0.3) is 0 Å². The molecule has 27 heavy (non-hydrogen) atoms. The van der Waals surface area contributed by atoms with Gasteiger partial charge >= 0.3 is 12.0 Å². The Labute approximate surface area is 152 Å². The fraction of sp³-hybridized carbons (Fsp3) is 0.294. The number of hydrogen-bond donors (Lipinski definition) is 2. The summed E-state index contributed by atoms with van der Waals surface area (Å²) in [6.07, 6.45) is 1.69. The third-order valence-corrected chi connectivity index (χ3v) is 4.48. The van der Waals surface area contributed by atoms with E-state index >= 15 is 0 Å². The average Bonchev–Trinajstić information content (AvgIpc) is 3.40. The van der Waals surface area contributed by atoms with Crippen LogP contribution in [0.5, 0.6) is 0 Å². The van der Waals surface area contributed by atoms with Gasteiger partial charge in [-0.3, -0.25) is 10.2 Å². The number of halogens is 2. The Bertz CT molecular complexity index is 939. The number of fused-ring (bicyclic) bond motifs is 2. The Morgan fingerprint density at radius 2 is 2.19 bits per heavy atom. The number of carbonyl (C=O) groups excluding carboxylic acids is 2. The van der Waals surface area contributed by atoms with Crippen LogP contribution in [0.25, 0.3) is 0 Å². The van der Waals surface area contributed by atoms with Crippen molar-refractivity contribution in [2.24, 2.45) is 5.92 Å². The highest BCUT2D eigenvalue weighted by Crippen LogP contribution is 2.41. The number of rotatable bonds is 2. The van der Waals surface area contributed by atoms with Crippen LogP contribution in [0.2, 0.25) is 0 Å². The van der Waals surface area contributed by atoms with Gasteiger partial charge in [0, 0.05) is 18.7 Å². The van der Waals surface area contributed by atoms with Crippen molar-refractivity contribution in [2.75, 3.05) is 29.2 Å². The minimum atomic E-state index is -0.989. The van der Waals surface area contributed by atoms with Crippen LogP contribution in [0.1, 0.15) is 16.9 Å². The topological polar surface area (TPSA) is 96.5 Å². The molecule has 2 aromatic rings. The van der Waals surface area contributed by atoms with Crippen molar-refractivity contribution in [3.05, 3.63) is 41.7 Å². The van der Waals surface area contributed by atoms with E-state index in [0.717, 1.165) is 12.6 Å². The Balaban J connectivity index is 1.67. The minimum absolute atomic E-state index is 0.0394. The van der Waals surface area contributed by atoms with Crippen molar-refractivity contribution in [3.8, 4) is 0 Å². The summed E-state index contributed by atoms with van der Waals surface area (Å²) in [6.45, 7) is 0.330. The fourth-order valence-corrected chi connectivity index (χ4v) is 2.99. The van der Waals surface area contributed by atoms with Crippen LogP contribution in [0, 0.1) is 17.6 Å². The van der Waals surface area contributed by atoms with Gasteiger partial charge in [0.2, 0.25) is 0 Å². The molecule has 8 nitrogen and oxygen atoms in total. The number of nitrogens with zero attached hydrogens (tertiary/aromatic N) is 3. The molecule has 0 radical (unpaired) electrons. The molecule has 4 rings (SSSR count). The molecule has 2 aromatic heterocycles. The molecule has 2 aliphatic rings. The summed E-state index contributed by atoms with van der Waals surface area (Å²) in [6, 6.07) is 3.29. The quantitative estimate of drug-likeness (QED) is 0.783. The van der Waals surface area contributed by atoms with Crippen LogP contribution in [0.15, 0.2) is 24.4 Å². The van der Waals surface area contributed by atoms with Gasteiger partial charge in [0.05, 0.1) is 19.0 Å². The number of amides is 2. The van der Waals surface area contributed by atoms with Crippen LogP contribution in [0.4, 0.5) is 30.9 Å². The normalized spacial score (nSPS) is 19.9. The molecule has 0 saturated heterocycles. The Morgan fingerprint density at radius 3 is 2.93 bits per heavy atom. The highest BCUT2D eigenvalue weighted by atomic mass is 19.1. The van der Waals surface area contributed by atoms with Gasteiger partial charge in [0.15, 0.2) is 23.1 Å². The Hall–Kier alpha value is -3.30. The zero-order valence-electron chi connectivity index (χ0n) is 14.2. The second kappa shape index (κ2) is 6.45. The van der Waals surface area contributed by atoms with Crippen LogP contribution < -0.4 is 15.5 Å². The van der Waals surface area contributed by atoms with E-state index in [1.807, 2.05) is 0 Å². The van der Waals surface area contributed by atoms with E-state index in [9.17, 15) is 18.4 Å². The molecule has 1 aliphatic carbocycles. The van der Waals surface area contributed by atoms with E-state index in [1.54, 1.807) is 6.07 Å². The molecule has 1 fully saturated rings. The van der Waals surface area contributed by atoms with E-state index in [4.69, 9.17) is 0 Å². The summed E-state index contributed by atoms with van der Waals surface area (Å²) in [7, 11) is 1.23. The maximum Gasteiger partial charge on any atom is 0.356 e. The van der Waals surface area contributed by atoms with Crippen molar-refractivity contribution in [2.45, 2.75) is 12.5 Å². The number of pyridine rings is 2. The summed E-state index contributed by atoms with van der Waals surface area (Å²) in [5.74, 6) is -2.43. The fourth-order valence-electron chi connectivity index (χ4n) is 2.99. The number of methoxy groups -OCH3 is 1. The second-order valence-electron chi connectivity index (χ2n) is 6.33. The smallest absolute Gasteiger partial charge is 0.356 e. The van der Waals surface area contributed by atoms with Gasteiger partial charge < -0.3 is 10.1 Å². The van der Waals surface area contributed by atoms with Gasteiger partial charge in [-0.2, -0.15) is 0 Å².